The summed E-state index contributed by atoms with van der Waals surface area (Å²) in [5, 5.41) is 7.93. The number of nitrogens with one attached hydrogen (secondary N) is 1. The second-order valence-corrected chi connectivity index (χ2v) is 6.11. The number of nitrogens with zero attached hydrogens (tertiary/aromatic N) is 2. The quantitative estimate of drug-likeness (QED) is 0.747. The molecule has 0 saturated heterocycles. The van der Waals surface area contributed by atoms with Crippen molar-refractivity contribution in [3.63, 3.8) is 0 Å². The van der Waals surface area contributed by atoms with Gasteiger partial charge in [0.05, 0.1) is 13.5 Å². The van der Waals surface area contributed by atoms with Crippen molar-refractivity contribution in [3.8, 4) is 5.75 Å². The van der Waals surface area contributed by atoms with Crippen molar-refractivity contribution in [2.75, 3.05) is 26.5 Å². The van der Waals surface area contributed by atoms with Crippen LogP contribution >= 0.6 is 0 Å². The van der Waals surface area contributed by atoms with E-state index in [2.05, 4.69) is 10.5 Å². The molecule has 25 heavy (non-hydrogen) atoms. The van der Waals surface area contributed by atoms with Crippen LogP contribution in [0.25, 0.3) is 11.0 Å². The third-order valence-corrected chi connectivity index (χ3v) is 3.84. The monoisotopic (exact) mass is 339 g/mol. The molecule has 0 unspecified atom stereocenters. The molecule has 0 spiro atoms. The summed E-state index contributed by atoms with van der Waals surface area (Å²) in [7, 11) is 5.54. The first kappa shape index (κ1) is 17.0. The van der Waals surface area contributed by atoms with Crippen LogP contribution in [0.1, 0.15) is 11.3 Å². The Morgan fingerprint density at radius 2 is 2.04 bits per heavy atom. The summed E-state index contributed by atoms with van der Waals surface area (Å²) in [5.41, 5.74) is 3.12. The number of fused-ring (bicyclic) bond motifs is 1. The second kappa shape index (κ2) is 7.36. The number of rotatable bonds is 6. The molecule has 0 fully saturated rings. The fraction of sp³-hybridized carbons (Fsp3) is 0.263. The molecule has 2 aromatic carbocycles. The molecule has 1 heterocycles. The molecule has 130 valence electrons. The summed E-state index contributed by atoms with van der Waals surface area (Å²) in [5.74, 6) is 0.606. The Labute approximate surface area is 146 Å². The van der Waals surface area contributed by atoms with Gasteiger partial charge in [0.25, 0.3) is 0 Å². The van der Waals surface area contributed by atoms with Crippen molar-refractivity contribution in [2.24, 2.45) is 0 Å². The standard InChI is InChI=1S/C19H21N3O3/c1-22(2)12-16-15-11-14(8-9-18(15)25-21-16)20-19(23)10-13-6-4-5-7-17(13)24-3/h4-9,11H,10,12H2,1-3H3,(H,20,23). The first-order valence-electron chi connectivity index (χ1n) is 8.01. The molecular formula is C19H21N3O3. The van der Waals surface area contributed by atoms with E-state index in [9.17, 15) is 4.79 Å². The van der Waals surface area contributed by atoms with Crippen LogP contribution < -0.4 is 10.1 Å². The van der Waals surface area contributed by atoms with Gasteiger partial charge in [0.1, 0.15) is 11.4 Å². The highest BCUT2D eigenvalue weighted by Gasteiger charge is 2.12. The maximum Gasteiger partial charge on any atom is 0.228 e. The van der Waals surface area contributed by atoms with Crippen molar-refractivity contribution in [1.82, 2.24) is 10.1 Å². The van der Waals surface area contributed by atoms with Crippen LogP contribution in [0, 0.1) is 0 Å². The maximum absolute atomic E-state index is 12.4. The van der Waals surface area contributed by atoms with Crippen LogP contribution in [0.15, 0.2) is 47.0 Å². The summed E-state index contributed by atoms with van der Waals surface area (Å²) in [6.45, 7) is 0.672. The third-order valence-electron chi connectivity index (χ3n) is 3.84. The summed E-state index contributed by atoms with van der Waals surface area (Å²) >= 11 is 0. The van der Waals surface area contributed by atoms with Gasteiger partial charge in [0.2, 0.25) is 5.91 Å². The Bertz CT molecular complexity index is 887. The Morgan fingerprint density at radius 1 is 1.24 bits per heavy atom. The van der Waals surface area contributed by atoms with Crippen molar-refractivity contribution in [2.45, 2.75) is 13.0 Å². The Balaban J connectivity index is 1.76. The number of carbonyl (C=O) groups excluding carboxylic acids is 1. The molecule has 0 bridgehead atoms. The minimum Gasteiger partial charge on any atom is -0.496 e. The van der Waals surface area contributed by atoms with Crippen molar-refractivity contribution in [1.29, 1.82) is 0 Å². The topological polar surface area (TPSA) is 67.6 Å². The van der Waals surface area contributed by atoms with Crippen LogP contribution in [-0.4, -0.2) is 37.2 Å². The van der Waals surface area contributed by atoms with E-state index < -0.39 is 0 Å². The highest BCUT2D eigenvalue weighted by molar-refractivity contribution is 5.95. The lowest BCUT2D eigenvalue weighted by molar-refractivity contribution is -0.115. The van der Waals surface area contributed by atoms with Crippen LogP contribution in [0.5, 0.6) is 5.75 Å². The molecule has 1 amide bonds. The predicted octanol–water partition coefficient (Wildman–Crippen LogP) is 3.08. The number of methoxy groups -OCH3 is 1. The maximum atomic E-state index is 12.4. The first-order chi connectivity index (χ1) is 12.1. The highest BCUT2D eigenvalue weighted by atomic mass is 16.5. The number of aromatic nitrogens is 1. The minimum absolute atomic E-state index is 0.102. The van der Waals surface area contributed by atoms with Crippen LogP contribution in [0.3, 0.4) is 0 Å². The normalized spacial score (nSPS) is 11.0. The lowest BCUT2D eigenvalue weighted by Crippen LogP contribution is -2.15. The van der Waals surface area contributed by atoms with Crippen molar-refractivity contribution in [3.05, 3.63) is 53.7 Å². The van der Waals surface area contributed by atoms with E-state index in [1.165, 1.54) is 0 Å². The summed E-state index contributed by atoms with van der Waals surface area (Å²) in [6.07, 6.45) is 0.246. The van der Waals surface area contributed by atoms with Gasteiger partial charge >= 0.3 is 0 Å². The van der Waals surface area contributed by atoms with E-state index in [0.29, 0.717) is 17.9 Å². The molecule has 3 rings (SSSR count). The summed E-state index contributed by atoms with van der Waals surface area (Å²) < 4.78 is 10.6. The van der Waals surface area contributed by atoms with Crippen molar-refractivity contribution < 1.29 is 14.1 Å². The van der Waals surface area contributed by atoms with Crippen molar-refractivity contribution >= 4 is 22.6 Å². The number of carbonyl (C=O) groups is 1. The predicted molar refractivity (Wildman–Crippen MR) is 96.7 cm³/mol. The molecule has 0 aliphatic rings. The number of ether oxygens (including phenoxy) is 1. The Hall–Kier alpha value is -2.86. The van der Waals surface area contributed by atoms with E-state index in [-0.39, 0.29) is 12.3 Å². The minimum atomic E-state index is -0.102. The first-order valence-corrected chi connectivity index (χ1v) is 8.01. The molecule has 3 aromatic rings. The highest BCUT2D eigenvalue weighted by Crippen LogP contribution is 2.24. The fourth-order valence-corrected chi connectivity index (χ4v) is 2.71. The van der Waals surface area contributed by atoms with Gasteiger partial charge in [-0.25, -0.2) is 0 Å². The lowest BCUT2D eigenvalue weighted by Gasteiger charge is -2.09. The molecular weight excluding hydrogens is 318 g/mol. The Morgan fingerprint density at radius 3 is 2.80 bits per heavy atom. The zero-order chi connectivity index (χ0) is 17.8. The van der Waals surface area contributed by atoms with E-state index in [4.69, 9.17) is 9.26 Å². The molecule has 0 aliphatic heterocycles. The molecule has 1 N–H and O–H groups in total. The molecule has 1 aromatic heterocycles. The van der Waals surface area contributed by atoms with Gasteiger partial charge in [-0.2, -0.15) is 0 Å². The van der Waals surface area contributed by atoms with Gasteiger partial charge in [-0.05, 0) is 38.4 Å². The van der Waals surface area contributed by atoms with E-state index in [1.807, 2.05) is 61.5 Å². The van der Waals surface area contributed by atoms with Gasteiger partial charge in [-0.1, -0.05) is 23.4 Å². The smallest absolute Gasteiger partial charge is 0.228 e. The van der Waals surface area contributed by atoms with Gasteiger partial charge in [0.15, 0.2) is 5.58 Å². The molecule has 0 saturated carbocycles. The fourth-order valence-electron chi connectivity index (χ4n) is 2.71. The average Bonchev–Trinajstić information content (AvgIpc) is 2.97. The lowest BCUT2D eigenvalue weighted by atomic mass is 10.1. The molecule has 0 radical (unpaired) electrons. The number of hydrogen-bond donors (Lipinski definition) is 1. The SMILES string of the molecule is COc1ccccc1CC(=O)Nc1ccc2onc(CN(C)C)c2c1. The van der Waals surface area contributed by atoms with E-state index in [0.717, 1.165) is 22.3 Å². The Kier molecular flexibility index (Phi) is 5.00. The van der Waals surface area contributed by atoms with Gasteiger partial charge in [-0.3, -0.25) is 4.79 Å². The summed E-state index contributed by atoms with van der Waals surface area (Å²) in [6, 6.07) is 13.0. The van der Waals surface area contributed by atoms with Gasteiger partial charge < -0.3 is 19.5 Å². The zero-order valence-corrected chi connectivity index (χ0v) is 14.6. The number of para-hydroxylation sites is 1. The third kappa shape index (κ3) is 3.97. The molecule has 6 nitrogen and oxygen atoms in total. The number of hydrogen-bond acceptors (Lipinski definition) is 5. The summed E-state index contributed by atoms with van der Waals surface area (Å²) in [4.78, 5) is 14.4. The molecule has 6 heteroatoms. The van der Waals surface area contributed by atoms with Crippen LogP contribution in [0.4, 0.5) is 5.69 Å². The van der Waals surface area contributed by atoms with Crippen LogP contribution in [-0.2, 0) is 17.8 Å². The molecule has 0 aliphatic carbocycles. The number of anilines is 1. The molecule has 0 atom stereocenters. The van der Waals surface area contributed by atoms with E-state index in [1.54, 1.807) is 7.11 Å². The van der Waals surface area contributed by atoms with E-state index >= 15 is 0 Å². The average molecular weight is 339 g/mol. The number of amides is 1. The zero-order valence-electron chi connectivity index (χ0n) is 14.6. The van der Waals surface area contributed by atoms with Crippen LogP contribution in [0.2, 0.25) is 0 Å². The largest absolute Gasteiger partial charge is 0.496 e. The van der Waals surface area contributed by atoms with Gasteiger partial charge in [-0.15, -0.1) is 0 Å². The number of benzene rings is 2. The second-order valence-electron chi connectivity index (χ2n) is 6.11. The van der Waals surface area contributed by atoms with Gasteiger partial charge in [0, 0.05) is 23.2 Å².